The molecule has 50 heavy (non-hydrogen) atoms. The molecule has 2 aromatic carbocycles. The third-order valence-corrected chi connectivity index (χ3v) is 8.70. The fourth-order valence-corrected chi connectivity index (χ4v) is 5.60. The zero-order valence-electron chi connectivity index (χ0n) is 28.8. The highest BCUT2D eigenvalue weighted by atomic mass is 32.2. The van der Waals surface area contributed by atoms with Crippen molar-refractivity contribution >= 4 is 57.5 Å². The van der Waals surface area contributed by atoms with Gasteiger partial charge in [0, 0.05) is 43.0 Å². The van der Waals surface area contributed by atoms with Crippen LogP contribution in [0.15, 0.2) is 71.9 Å². The maximum absolute atomic E-state index is 13.8. The molecule has 4 aromatic rings. The lowest BCUT2D eigenvalue weighted by molar-refractivity contribution is -0.143. The lowest BCUT2D eigenvalue weighted by atomic mass is 10.1. The fraction of sp³-hybridized carbons (Fsp3) is 0.389. The molecule has 4 rings (SSSR count). The van der Waals surface area contributed by atoms with E-state index >= 15 is 0 Å². The zero-order valence-corrected chi connectivity index (χ0v) is 29.6. The summed E-state index contributed by atoms with van der Waals surface area (Å²) >= 11 is -0.952. The number of nitrogens with one attached hydrogen (secondary N) is 1. The number of hydrogen-bond acceptors (Lipinski definition) is 9. The van der Waals surface area contributed by atoms with Gasteiger partial charge in [-0.05, 0) is 61.0 Å². The van der Waals surface area contributed by atoms with Crippen LogP contribution in [0, 0.1) is 0 Å². The number of imidazole rings is 1. The maximum atomic E-state index is 13.8. The van der Waals surface area contributed by atoms with Crippen LogP contribution in [0.1, 0.15) is 67.2 Å². The zero-order chi connectivity index (χ0) is 35.9. The molecule has 0 saturated heterocycles. The van der Waals surface area contributed by atoms with Crippen molar-refractivity contribution in [1.29, 1.82) is 0 Å². The summed E-state index contributed by atoms with van der Waals surface area (Å²) in [7, 11) is 1.90. The van der Waals surface area contributed by atoms with Gasteiger partial charge in [-0.25, -0.2) is 14.8 Å². The standard InChI is InChI=1S/C36H45N7O6S/c1-4-5-6-9-21-49-36(46)41-34(37)26-12-15-28(16-13-26)39-25-32-40-29-24-27(14-17-30(29)42(32)2)35(45)43(31-11-7-8-19-38-31)20-18-33(44)48-22-10-23-50(3)47/h7-8,11-17,19,24,39H,4-6,9-10,18,20-23,25H2,1-3H3,(H2,37,41,46). The molecular weight excluding hydrogens is 659 g/mol. The molecule has 3 N–H and O–H groups in total. The van der Waals surface area contributed by atoms with E-state index in [2.05, 4.69) is 22.2 Å². The molecule has 0 aliphatic heterocycles. The number of hydrogen-bond donors (Lipinski definition) is 2. The summed E-state index contributed by atoms with van der Waals surface area (Å²) in [6, 6.07) is 17.7. The number of aryl methyl sites for hydroxylation is 1. The largest absolute Gasteiger partial charge is 0.617 e. The summed E-state index contributed by atoms with van der Waals surface area (Å²) in [5.74, 6) is 0.921. The van der Waals surface area contributed by atoms with Crippen molar-refractivity contribution in [3.05, 3.63) is 83.8 Å². The number of carbonyl (C=O) groups is 3. The number of pyridine rings is 1. The van der Waals surface area contributed by atoms with Gasteiger partial charge in [-0.2, -0.15) is 4.99 Å². The van der Waals surface area contributed by atoms with Gasteiger partial charge in [-0.15, -0.1) is 0 Å². The van der Waals surface area contributed by atoms with E-state index in [-0.39, 0.29) is 31.3 Å². The van der Waals surface area contributed by atoms with Crippen LogP contribution in [0.4, 0.5) is 16.3 Å². The molecule has 2 aromatic heterocycles. The normalized spacial score (nSPS) is 12.0. The molecule has 1 atom stereocenters. The van der Waals surface area contributed by atoms with Crippen LogP contribution in [-0.2, 0) is 39.0 Å². The number of benzene rings is 2. The van der Waals surface area contributed by atoms with Gasteiger partial charge in [0.1, 0.15) is 23.2 Å². The Balaban J connectivity index is 1.38. The van der Waals surface area contributed by atoms with Gasteiger partial charge in [0.15, 0.2) is 0 Å². The number of esters is 1. The van der Waals surface area contributed by atoms with E-state index in [1.54, 1.807) is 54.9 Å². The van der Waals surface area contributed by atoms with Crippen molar-refractivity contribution in [3.63, 3.8) is 0 Å². The summed E-state index contributed by atoms with van der Waals surface area (Å²) in [5.41, 5.74) is 9.32. The molecule has 0 bridgehead atoms. The molecule has 2 heterocycles. The third-order valence-electron chi connectivity index (χ3n) is 7.84. The summed E-state index contributed by atoms with van der Waals surface area (Å²) in [4.78, 5) is 52.6. The number of unbranched alkanes of at least 4 members (excludes halogenated alkanes) is 3. The molecule has 0 fully saturated rings. The molecule has 2 amide bonds. The highest BCUT2D eigenvalue weighted by Crippen LogP contribution is 2.21. The van der Waals surface area contributed by atoms with Gasteiger partial charge in [-0.1, -0.05) is 43.4 Å². The number of rotatable bonds is 18. The summed E-state index contributed by atoms with van der Waals surface area (Å²) in [6.45, 7) is 3.09. The first-order chi connectivity index (χ1) is 24.2. The lowest BCUT2D eigenvalue weighted by Crippen LogP contribution is -2.34. The molecule has 13 nitrogen and oxygen atoms in total. The fourth-order valence-electron chi connectivity index (χ4n) is 5.08. The first-order valence-electron chi connectivity index (χ1n) is 16.7. The minimum atomic E-state index is -0.952. The third kappa shape index (κ3) is 11.3. The molecule has 266 valence electrons. The SMILES string of the molecule is CCCCCCOC(=O)/N=C(\N)c1ccc(NCc2nc3cc(C(=O)N(CCC(=O)OCCC[S+](C)[O-])c4ccccn4)ccc3n2C)cc1. The van der Waals surface area contributed by atoms with Crippen LogP contribution in [0.2, 0.25) is 0 Å². The Morgan fingerprint density at radius 2 is 1.76 bits per heavy atom. The second-order valence-electron chi connectivity index (χ2n) is 11.6. The van der Waals surface area contributed by atoms with Crippen LogP contribution >= 0.6 is 0 Å². The van der Waals surface area contributed by atoms with Gasteiger partial charge in [0.05, 0.1) is 43.5 Å². The van der Waals surface area contributed by atoms with E-state index in [4.69, 9.17) is 20.2 Å². The average Bonchev–Trinajstić information content (AvgIpc) is 3.43. The van der Waals surface area contributed by atoms with Crippen molar-refractivity contribution in [2.75, 3.05) is 42.0 Å². The van der Waals surface area contributed by atoms with Gasteiger partial charge in [0.2, 0.25) is 0 Å². The number of fused-ring (bicyclic) bond motifs is 1. The Morgan fingerprint density at radius 3 is 2.48 bits per heavy atom. The Morgan fingerprint density at radius 1 is 1.00 bits per heavy atom. The van der Waals surface area contributed by atoms with Crippen molar-refractivity contribution in [2.24, 2.45) is 17.8 Å². The molecule has 14 heteroatoms. The number of aromatic nitrogens is 3. The van der Waals surface area contributed by atoms with E-state index < -0.39 is 23.2 Å². The number of nitrogens with zero attached hydrogens (tertiary/aromatic N) is 5. The molecule has 0 radical (unpaired) electrons. The van der Waals surface area contributed by atoms with E-state index in [9.17, 15) is 18.9 Å². The number of ether oxygens (including phenoxy) is 2. The molecule has 0 spiro atoms. The van der Waals surface area contributed by atoms with Gasteiger partial charge >= 0.3 is 12.1 Å². The number of carbonyl (C=O) groups excluding carboxylic acids is 3. The molecule has 0 saturated carbocycles. The Hall–Kier alpha value is -4.95. The van der Waals surface area contributed by atoms with Crippen molar-refractivity contribution < 1.29 is 28.4 Å². The van der Waals surface area contributed by atoms with Crippen LogP contribution in [0.5, 0.6) is 0 Å². The van der Waals surface area contributed by atoms with Gasteiger partial charge in [-0.3, -0.25) is 14.5 Å². The molecule has 1 unspecified atom stereocenters. The topological polar surface area (TPSA) is 177 Å². The number of aliphatic imine (C=N–C) groups is 1. The molecule has 0 aliphatic rings. The van der Waals surface area contributed by atoms with E-state index in [1.807, 2.05) is 29.8 Å². The number of amides is 2. The minimum Gasteiger partial charge on any atom is -0.617 e. The predicted octanol–water partition coefficient (Wildman–Crippen LogP) is 5.35. The number of amidine groups is 1. The maximum Gasteiger partial charge on any atom is 0.435 e. The Bertz CT molecular complexity index is 1750. The first-order valence-corrected chi connectivity index (χ1v) is 18.4. The van der Waals surface area contributed by atoms with Gasteiger partial charge < -0.3 is 29.6 Å². The van der Waals surface area contributed by atoms with E-state index in [0.29, 0.717) is 47.8 Å². The molecular formula is C36H45N7O6S. The average molecular weight is 704 g/mol. The lowest BCUT2D eigenvalue weighted by Gasteiger charge is -2.21. The summed E-state index contributed by atoms with van der Waals surface area (Å²) in [6.07, 6.45) is 6.99. The summed E-state index contributed by atoms with van der Waals surface area (Å²) < 4.78 is 23.6. The van der Waals surface area contributed by atoms with Crippen molar-refractivity contribution in [1.82, 2.24) is 14.5 Å². The van der Waals surface area contributed by atoms with Crippen LogP contribution in [0.3, 0.4) is 0 Å². The number of anilines is 2. The highest BCUT2D eigenvalue weighted by Gasteiger charge is 2.22. The monoisotopic (exact) mass is 703 g/mol. The van der Waals surface area contributed by atoms with E-state index in [0.717, 1.165) is 42.7 Å². The highest BCUT2D eigenvalue weighted by molar-refractivity contribution is 7.90. The van der Waals surface area contributed by atoms with Gasteiger partial charge in [0.25, 0.3) is 5.91 Å². The van der Waals surface area contributed by atoms with Crippen molar-refractivity contribution in [2.45, 2.75) is 52.0 Å². The Kier molecular flexibility index (Phi) is 14.6. The smallest absolute Gasteiger partial charge is 0.435 e. The van der Waals surface area contributed by atoms with Crippen molar-refractivity contribution in [3.8, 4) is 0 Å². The predicted molar refractivity (Wildman–Crippen MR) is 196 cm³/mol. The second-order valence-corrected chi connectivity index (χ2v) is 13.2. The molecule has 0 aliphatic carbocycles. The van der Waals surface area contributed by atoms with Crippen LogP contribution in [-0.4, -0.2) is 74.7 Å². The summed E-state index contributed by atoms with van der Waals surface area (Å²) in [5, 5.41) is 3.34. The van der Waals surface area contributed by atoms with E-state index in [1.165, 1.54) is 4.90 Å². The van der Waals surface area contributed by atoms with Crippen LogP contribution < -0.4 is 16.0 Å². The van der Waals surface area contributed by atoms with Crippen LogP contribution in [0.25, 0.3) is 11.0 Å². The second kappa shape index (κ2) is 19.3. The Labute approximate surface area is 295 Å². The minimum absolute atomic E-state index is 0.0225. The first kappa shape index (κ1) is 37.9. The quantitative estimate of drug-likeness (QED) is 0.0451. The number of nitrogens with two attached hydrogens (primary N) is 1.